The van der Waals surface area contributed by atoms with Gasteiger partial charge < -0.3 is 10.0 Å². The van der Waals surface area contributed by atoms with Gasteiger partial charge in [-0.2, -0.15) is 5.10 Å². The molecular formula is C17H26N4O3S. The minimum Gasteiger partial charge on any atom is -0.396 e. The summed E-state index contributed by atoms with van der Waals surface area (Å²) in [6, 6.07) is 10.2. The van der Waals surface area contributed by atoms with Crippen molar-refractivity contribution in [2.45, 2.75) is 30.8 Å². The van der Waals surface area contributed by atoms with Crippen LogP contribution < -0.4 is 4.72 Å². The van der Waals surface area contributed by atoms with Crippen LogP contribution >= 0.6 is 0 Å². The van der Waals surface area contributed by atoms with Gasteiger partial charge in [0.25, 0.3) is 0 Å². The van der Waals surface area contributed by atoms with Crippen molar-refractivity contribution in [2.24, 2.45) is 0 Å². The van der Waals surface area contributed by atoms with Crippen LogP contribution in [0.2, 0.25) is 0 Å². The lowest BCUT2D eigenvalue weighted by atomic mass is 10.2. The first kappa shape index (κ1) is 19.6. The molecule has 0 atom stereocenters. The smallest absolute Gasteiger partial charge is 0.243 e. The summed E-state index contributed by atoms with van der Waals surface area (Å²) in [6.07, 6.45) is 4.09. The Morgan fingerprint density at radius 2 is 2.00 bits per heavy atom. The molecule has 8 heteroatoms. The molecule has 1 aromatic heterocycles. The molecule has 25 heavy (non-hydrogen) atoms. The van der Waals surface area contributed by atoms with Crippen molar-refractivity contribution in [1.82, 2.24) is 19.4 Å². The topological polar surface area (TPSA) is 87.5 Å². The zero-order chi connectivity index (χ0) is 18.1. The Balaban J connectivity index is 1.73. The highest BCUT2D eigenvalue weighted by atomic mass is 32.2. The molecule has 2 aromatic rings. The first-order valence-corrected chi connectivity index (χ1v) is 9.85. The van der Waals surface area contributed by atoms with Crippen LogP contribution in [0.5, 0.6) is 0 Å². The van der Waals surface area contributed by atoms with Gasteiger partial charge in [-0.25, -0.2) is 13.1 Å². The van der Waals surface area contributed by atoms with E-state index in [9.17, 15) is 8.42 Å². The number of nitrogens with zero attached hydrogens (tertiary/aromatic N) is 3. The highest BCUT2D eigenvalue weighted by Crippen LogP contribution is 2.07. The number of rotatable bonds is 11. The Morgan fingerprint density at radius 1 is 1.24 bits per heavy atom. The number of hydrogen-bond acceptors (Lipinski definition) is 5. The lowest BCUT2D eigenvalue weighted by Gasteiger charge is -2.16. The number of aliphatic hydroxyl groups excluding tert-OH is 1. The number of aryl methyl sites for hydroxylation is 1. The third-order valence-electron chi connectivity index (χ3n) is 3.77. The minimum atomic E-state index is -3.54. The Bertz CT molecular complexity index is 731. The molecule has 0 fully saturated rings. The summed E-state index contributed by atoms with van der Waals surface area (Å²) in [7, 11) is -1.52. The van der Waals surface area contributed by atoms with E-state index in [0.717, 1.165) is 19.5 Å². The number of sulfonamides is 1. The van der Waals surface area contributed by atoms with Crippen LogP contribution in [0.1, 0.15) is 18.4 Å². The van der Waals surface area contributed by atoms with Gasteiger partial charge in [-0.1, -0.05) is 30.3 Å². The fraction of sp³-hybridized carbons (Fsp3) is 0.471. The Labute approximate surface area is 149 Å². The van der Waals surface area contributed by atoms with Crippen molar-refractivity contribution >= 4 is 10.0 Å². The standard InChI is InChI=1S/C17H26N4O3S/c1-20(14-16-7-3-2-4-8-16)10-5-9-19-25(23,24)17-13-18-21(15-17)11-6-12-22/h2-4,7-8,13,15,19,22H,5-6,9-12,14H2,1H3. The third kappa shape index (κ3) is 6.58. The van der Waals surface area contributed by atoms with Crippen LogP contribution in [-0.4, -0.2) is 54.9 Å². The lowest BCUT2D eigenvalue weighted by molar-refractivity contribution is 0.277. The molecule has 0 spiro atoms. The van der Waals surface area contributed by atoms with Gasteiger partial charge in [-0.3, -0.25) is 4.68 Å². The molecule has 0 aliphatic rings. The molecule has 0 saturated carbocycles. The number of benzene rings is 1. The second kappa shape index (κ2) is 9.67. The monoisotopic (exact) mass is 366 g/mol. The van der Waals surface area contributed by atoms with E-state index in [1.54, 1.807) is 0 Å². The highest BCUT2D eigenvalue weighted by molar-refractivity contribution is 7.89. The predicted octanol–water partition coefficient (Wildman–Crippen LogP) is 1.07. The molecule has 0 saturated heterocycles. The van der Waals surface area contributed by atoms with Crippen molar-refractivity contribution in [3.63, 3.8) is 0 Å². The maximum absolute atomic E-state index is 12.2. The highest BCUT2D eigenvalue weighted by Gasteiger charge is 2.15. The SMILES string of the molecule is CN(CCCNS(=O)(=O)c1cnn(CCCO)c1)Cc1ccccc1. The van der Waals surface area contributed by atoms with E-state index >= 15 is 0 Å². The fourth-order valence-corrected chi connectivity index (χ4v) is 3.48. The molecule has 1 aromatic carbocycles. The summed E-state index contributed by atoms with van der Waals surface area (Å²) in [5.74, 6) is 0. The van der Waals surface area contributed by atoms with Crippen molar-refractivity contribution in [3.05, 3.63) is 48.3 Å². The van der Waals surface area contributed by atoms with E-state index in [0.29, 0.717) is 19.5 Å². The van der Waals surface area contributed by atoms with E-state index in [4.69, 9.17) is 5.11 Å². The van der Waals surface area contributed by atoms with Gasteiger partial charge in [0.05, 0.1) is 6.20 Å². The number of aliphatic hydroxyl groups is 1. The van der Waals surface area contributed by atoms with Gasteiger partial charge >= 0.3 is 0 Å². The zero-order valence-corrected chi connectivity index (χ0v) is 15.3. The first-order valence-electron chi connectivity index (χ1n) is 8.37. The average molecular weight is 366 g/mol. The second-order valence-electron chi connectivity index (χ2n) is 5.99. The Hall–Kier alpha value is -1.74. The van der Waals surface area contributed by atoms with Crippen LogP contribution in [-0.2, 0) is 23.1 Å². The van der Waals surface area contributed by atoms with Crippen molar-refractivity contribution in [1.29, 1.82) is 0 Å². The predicted molar refractivity (Wildman–Crippen MR) is 96.5 cm³/mol. The van der Waals surface area contributed by atoms with Gasteiger partial charge in [-0.05, 0) is 32.0 Å². The van der Waals surface area contributed by atoms with Crippen LogP contribution in [0.4, 0.5) is 0 Å². The molecule has 0 amide bonds. The average Bonchev–Trinajstić information content (AvgIpc) is 3.08. The van der Waals surface area contributed by atoms with Gasteiger partial charge in [0.2, 0.25) is 10.0 Å². The summed E-state index contributed by atoms with van der Waals surface area (Å²) in [5.41, 5.74) is 1.24. The maximum Gasteiger partial charge on any atom is 0.243 e. The molecular weight excluding hydrogens is 340 g/mol. The van der Waals surface area contributed by atoms with Crippen molar-refractivity contribution in [2.75, 3.05) is 26.7 Å². The molecule has 0 aliphatic carbocycles. The molecule has 0 aliphatic heterocycles. The van der Waals surface area contributed by atoms with E-state index in [1.807, 2.05) is 25.2 Å². The first-order chi connectivity index (χ1) is 12.0. The van der Waals surface area contributed by atoms with Gasteiger partial charge in [-0.15, -0.1) is 0 Å². The molecule has 7 nitrogen and oxygen atoms in total. The summed E-state index contributed by atoms with van der Waals surface area (Å²) >= 11 is 0. The molecule has 0 radical (unpaired) electrons. The van der Waals surface area contributed by atoms with E-state index in [1.165, 1.54) is 22.6 Å². The van der Waals surface area contributed by atoms with E-state index in [-0.39, 0.29) is 11.5 Å². The molecule has 0 unspecified atom stereocenters. The summed E-state index contributed by atoms with van der Waals surface area (Å²) in [4.78, 5) is 2.32. The van der Waals surface area contributed by atoms with Crippen LogP contribution in [0.15, 0.2) is 47.6 Å². The number of nitrogens with one attached hydrogen (secondary N) is 1. The molecule has 2 rings (SSSR count). The quantitative estimate of drug-likeness (QED) is 0.581. The van der Waals surface area contributed by atoms with Crippen LogP contribution in [0.25, 0.3) is 0 Å². The van der Waals surface area contributed by atoms with Crippen LogP contribution in [0, 0.1) is 0 Å². The lowest BCUT2D eigenvalue weighted by Crippen LogP contribution is -2.28. The molecule has 138 valence electrons. The Kier molecular flexibility index (Phi) is 7.57. The van der Waals surface area contributed by atoms with E-state index < -0.39 is 10.0 Å². The van der Waals surface area contributed by atoms with Crippen LogP contribution in [0.3, 0.4) is 0 Å². The molecule has 0 bridgehead atoms. The summed E-state index contributed by atoms with van der Waals surface area (Å²) < 4.78 is 28.6. The normalized spacial score (nSPS) is 12.0. The number of aromatic nitrogens is 2. The second-order valence-corrected chi connectivity index (χ2v) is 7.76. The largest absolute Gasteiger partial charge is 0.396 e. The van der Waals surface area contributed by atoms with Gasteiger partial charge in [0.15, 0.2) is 0 Å². The summed E-state index contributed by atoms with van der Waals surface area (Å²) in [6.45, 7) is 2.56. The minimum absolute atomic E-state index is 0.0523. The van der Waals surface area contributed by atoms with Crippen molar-refractivity contribution in [3.8, 4) is 0 Å². The number of hydrogen-bond donors (Lipinski definition) is 2. The summed E-state index contributed by atoms with van der Waals surface area (Å²) in [5, 5.41) is 12.8. The molecule has 2 N–H and O–H groups in total. The Morgan fingerprint density at radius 3 is 2.72 bits per heavy atom. The van der Waals surface area contributed by atoms with Gasteiger partial charge in [0, 0.05) is 32.4 Å². The van der Waals surface area contributed by atoms with E-state index in [2.05, 4.69) is 26.9 Å². The zero-order valence-electron chi connectivity index (χ0n) is 14.5. The fourth-order valence-electron chi connectivity index (χ4n) is 2.45. The van der Waals surface area contributed by atoms with Crippen molar-refractivity contribution < 1.29 is 13.5 Å². The van der Waals surface area contributed by atoms with Gasteiger partial charge in [0.1, 0.15) is 4.90 Å². The third-order valence-corrected chi connectivity index (χ3v) is 5.18. The maximum atomic E-state index is 12.2. The molecule has 1 heterocycles.